The number of hydrogen-bond acceptors (Lipinski definition) is 4. The Morgan fingerprint density at radius 1 is 1.19 bits per heavy atom. The van der Waals surface area contributed by atoms with Gasteiger partial charge in [0.05, 0.1) is 6.54 Å². The fourth-order valence-corrected chi connectivity index (χ4v) is 3.13. The zero-order chi connectivity index (χ0) is 18.2. The van der Waals surface area contributed by atoms with Crippen molar-refractivity contribution < 1.29 is 9.59 Å². The van der Waals surface area contributed by atoms with Crippen LogP contribution in [0.15, 0.2) is 59.6 Å². The molecule has 0 saturated heterocycles. The first kappa shape index (κ1) is 17.9. The van der Waals surface area contributed by atoms with Crippen LogP contribution in [0.25, 0.3) is 0 Å². The summed E-state index contributed by atoms with van der Waals surface area (Å²) in [6, 6.07) is 11.4. The van der Waals surface area contributed by atoms with Gasteiger partial charge in [-0.3, -0.25) is 14.3 Å². The number of aromatic nitrogens is 2. The van der Waals surface area contributed by atoms with Crippen LogP contribution in [-0.2, 0) is 11.3 Å². The summed E-state index contributed by atoms with van der Waals surface area (Å²) in [7, 11) is 0. The molecule has 2 heterocycles. The topological polar surface area (TPSA) is 76.0 Å². The molecule has 0 fully saturated rings. The van der Waals surface area contributed by atoms with Gasteiger partial charge in [0.1, 0.15) is 0 Å². The van der Waals surface area contributed by atoms with Crippen molar-refractivity contribution in [3.63, 3.8) is 0 Å². The van der Waals surface area contributed by atoms with Crippen molar-refractivity contribution in [3.8, 4) is 0 Å². The number of benzene rings is 1. The predicted molar refractivity (Wildman–Crippen MR) is 102 cm³/mol. The highest BCUT2D eigenvalue weighted by molar-refractivity contribution is 7.08. The second-order valence-electron chi connectivity index (χ2n) is 5.82. The van der Waals surface area contributed by atoms with Crippen LogP contribution in [0.3, 0.4) is 0 Å². The molecule has 3 rings (SSSR count). The number of amides is 2. The Hall–Kier alpha value is -2.93. The molecule has 0 aliphatic rings. The minimum Gasteiger partial charge on any atom is -0.352 e. The molecule has 2 aromatic heterocycles. The average molecular weight is 368 g/mol. The summed E-state index contributed by atoms with van der Waals surface area (Å²) < 4.78 is 1.83. The third-order valence-electron chi connectivity index (χ3n) is 3.76. The van der Waals surface area contributed by atoms with Gasteiger partial charge in [0, 0.05) is 42.0 Å². The van der Waals surface area contributed by atoms with Crippen LogP contribution in [0.2, 0.25) is 0 Å². The summed E-state index contributed by atoms with van der Waals surface area (Å²) in [5, 5.41) is 13.6. The smallest absolute Gasteiger partial charge is 0.252 e. The van der Waals surface area contributed by atoms with Crippen LogP contribution >= 0.6 is 11.3 Å². The fraction of sp³-hybridized carbons (Fsp3) is 0.211. The van der Waals surface area contributed by atoms with Crippen molar-refractivity contribution in [1.29, 1.82) is 0 Å². The van der Waals surface area contributed by atoms with E-state index in [0.717, 1.165) is 11.3 Å². The molecule has 26 heavy (non-hydrogen) atoms. The zero-order valence-electron chi connectivity index (χ0n) is 14.2. The molecule has 134 valence electrons. The van der Waals surface area contributed by atoms with Gasteiger partial charge in [-0.2, -0.15) is 16.4 Å². The lowest BCUT2D eigenvalue weighted by molar-refractivity contribution is -0.116. The number of rotatable bonds is 8. The number of anilines is 1. The Morgan fingerprint density at radius 3 is 2.88 bits per heavy atom. The first-order valence-electron chi connectivity index (χ1n) is 8.37. The highest BCUT2D eigenvalue weighted by Crippen LogP contribution is 2.12. The Balaban J connectivity index is 1.41. The van der Waals surface area contributed by atoms with Crippen molar-refractivity contribution in [2.45, 2.75) is 19.4 Å². The van der Waals surface area contributed by atoms with Crippen molar-refractivity contribution >= 4 is 28.8 Å². The molecular formula is C19H20N4O2S. The molecule has 6 nitrogen and oxygen atoms in total. The summed E-state index contributed by atoms with van der Waals surface area (Å²) >= 11 is 1.48. The minimum atomic E-state index is -0.0991. The first-order chi connectivity index (χ1) is 12.7. The fourth-order valence-electron chi connectivity index (χ4n) is 2.50. The third-order valence-corrected chi connectivity index (χ3v) is 4.45. The standard InChI is InChI=1S/C19H20N4O2S/c24-18(6-2-8-20-19(25)16-7-11-26-14-16)22-17-5-1-4-15(12-17)13-23-10-3-9-21-23/h1,3-5,7,9-12,14H,2,6,8,13H2,(H,20,25)(H,22,24). The number of carbonyl (C=O) groups is 2. The van der Waals surface area contributed by atoms with Gasteiger partial charge in [0.25, 0.3) is 5.91 Å². The second kappa shape index (κ2) is 8.96. The normalized spacial score (nSPS) is 10.5. The van der Waals surface area contributed by atoms with E-state index in [4.69, 9.17) is 0 Å². The Kier molecular flexibility index (Phi) is 6.16. The lowest BCUT2D eigenvalue weighted by Gasteiger charge is -2.08. The lowest BCUT2D eigenvalue weighted by Crippen LogP contribution is -2.25. The van der Waals surface area contributed by atoms with E-state index in [-0.39, 0.29) is 11.8 Å². The Morgan fingerprint density at radius 2 is 2.12 bits per heavy atom. The van der Waals surface area contributed by atoms with Crippen LogP contribution in [0, 0.1) is 0 Å². The highest BCUT2D eigenvalue weighted by atomic mass is 32.1. The number of thiophene rings is 1. The van der Waals surface area contributed by atoms with E-state index in [2.05, 4.69) is 15.7 Å². The molecular weight excluding hydrogens is 348 g/mol. The van der Waals surface area contributed by atoms with Gasteiger partial charge in [0.2, 0.25) is 5.91 Å². The summed E-state index contributed by atoms with van der Waals surface area (Å²) in [5.41, 5.74) is 2.49. The molecule has 0 spiro atoms. The molecule has 2 amide bonds. The van der Waals surface area contributed by atoms with Crippen molar-refractivity contribution in [2.24, 2.45) is 0 Å². The molecule has 0 radical (unpaired) electrons. The molecule has 0 bridgehead atoms. The Bertz CT molecular complexity index is 844. The van der Waals surface area contributed by atoms with E-state index < -0.39 is 0 Å². The number of nitrogens with zero attached hydrogens (tertiary/aromatic N) is 2. The van der Waals surface area contributed by atoms with Gasteiger partial charge in [-0.15, -0.1) is 0 Å². The average Bonchev–Trinajstić information content (AvgIpc) is 3.32. The second-order valence-corrected chi connectivity index (χ2v) is 6.60. The van der Waals surface area contributed by atoms with Crippen LogP contribution < -0.4 is 10.6 Å². The number of hydrogen-bond donors (Lipinski definition) is 2. The lowest BCUT2D eigenvalue weighted by atomic mass is 10.2. The molecule has 0 saturated carbocycles. The Labute approximate surface area is 155 Å². The molecule has 3 aromatic rings. The predicted octanol–water partition coefficient (Wildman–Crippen LogP) is 3.14. The zero-order valence-corrected chi connectivity index (χ0v) is 15.0. The van der Waals surface area contributed by atoms with E-state index >= 15 is 0 Å². The van der Waals surface area contributed by atoms with Crippen molar-refractivity contribution in [3.05, 3.63) is 70.7 Å². The SMILES string of the molecule is O=C(CCCNC(=O)c1ccsc1)Nc1cccc(Cn2cccn2)c1. The third kappa shape index (κ3) is 5.29. The van der Waals surface area contributed by atoms with E-state index in [9.17, 15) is 9.59 Å². The van der Waals surface area contributed by atoms with E-state index in [1.165, 1.54) is 11.3 Å². The number of nitrogens with one attached hydrogen (secondary N) is 2. The highest BCUT2D eigenvalue weighted by Gasteiger charge is 2.06. The summed E-state index contributed by atoms with van der Waals surface area (Å²) in [5.74, 6) is -0.163. The molecule has 7 heteroatoms. The molecule has 0 aliphatic carbocycles. The van der Waals surface area contributed by atoms with E-state index in [1.54, 1.807) is 17.6 Å². The van der Waals surface area contributed by atoms with Gasteiger partial charge in [0.15, 0.2) is 0 Å². The van der Waals surface area contributed by atoms with Crippen LogP contribution in [0.1, 0.15) is 28.8 Å². The minimum absolute atomic E-state index is 0.0639. The largest absolute Gasteiger partial charge is 0.352 e. The van der Waals surface area contributed by atoms with Crippen LogP contribution in [0.5, 0.6) is 0 Å². The first-order valence-corrected chi connectivity index (χ1v) is 9.31. The summed E-state index contributed by atoms with van der Waals surface area (Å²) in [4.78, 5) is 23.9. The number of carbonyl (C=O) groups excluding carboxylic acids is 2. The van der Waals surface area contributed by atoms with Crippen molar-refractivity contribution in [1.82, 2.24) is 15.1 Å². The van der Waals surface area contributed by atoms with Gasteiger partial charge in [-0.25, -0.2) is 0 Å². The quantitative estimate of drug-likeness (QED) is 0.600. The monoisotopic (exact) mass is 368 g/mol. The van der Waals surface area contributed by atoms with Gasteiger partial charge >= 0.3 is 0 Å². The van der Waals surface area contributed by atoms with Crippen LogP contribution in [0.4, 0.5) is 5.69 Å². The van der Waals surface area contributed by atoms with Gasteiger partial charge in [-0.1, -0.05) is 12.1 Å². The van der Waals surface area contributed by atoms with Crippen LogP contribution in [-0.4, -0.2) is 28.1 Å². The van der Waals surface area contributed by atoms with Crippen molar-refractivity contribution in [2.75, 3.05) is 11.9 Å². The molecule has 0 atom stereocenters. The maximum atomic E-state index is 12.1. The van der Waals surface area contributed by atoms with Gasteiger partial charge < -0.3 is 10.6 Å². The summed E-state index contributed by atoms with van der Waals surface area (Å²) in [6.07, 6.45) is 4.58. The molecule has 0 unspecified atom stereocenters. The van der Waals surface area contributed by atoms with Gasteiger partial charge in [-0.05, 0) is 41.6 Å². The van der Waals surface area contributed by atoms with E-state index in [1.807, 2.05) is 46.6 Å². The molecule has 1 aromatic carbocycles. The molecule has 2 N–H and O–H groups in total. The van der Waals surface area contributed by atoms with E-state index in [0.29, 0.717) is 31.5 Å². The summed E-state index contributed by atoms with van der Waals surface area (Å²) in [6.45, 7) is 1.13. The maximum absolute atomic E-state index is 12.1. The maximum Gasteiger partial charge on any atom is 0.252 e. The molecule has 0 aliphatic heterocycles.